The molecule has 14 saturated carbocycles. The summed E-state index contributed by atoms with van der Waals surface area (Å²) < 4.78 is 0. The van der Waals surface area contributed by atoms with Gasteiger partial charge in [0, 0.05) is 0 Å². The van der Waals surface area contributed by atoms with Crippen LogP contribution in [-0.2, 0) is 0 Å². The fraction of sp³-hybridized carbons (Fsp3) is 1.00. The van der Waals surface area contributed by atoms with E-state index in [-0.39, 0.29) is 0 Å². The van der Waals surface area contributed by atoms with Crippen LogP contribution in [0.1, 0.15) is 419 Å². The van der Waals surface area contributed by atoms with E-state index >= 15 is 0 Å². The molecule has 0 nitrogen and oxygen atoms in total. The number of rotatable bonds is 0. The average Bonchev–Trinajstić information content (AvgIpc) is 3.64. The second-order valence-electron chi connectivity index (χ2n) is 24.0. The van der Waals surface area contributed by atoms with Gasteiger partial charge in [-0.05, 0) is 123 Å². The Kier molecular flexibility index (Phi) is 63.1. The van der Waals surface area contributed by atoms with Crippen LogP contribution in [0, 0.1) is 52.8 Å². The molecule has 0 heterocycles. The summed E-state index contributed by atoms with van der Waals surface area (Å²) in [4.78, 5) is 0. The van der Waals surface area contributed by atoms with E-state index in [0.717, 1.165) is 17.3 Å². The molecular formula is C73H152. The lowest BCUT2D eigenvalue weighted by atomic mass is 9.56. The van der Waals surface area contributed by atoms with Gasteiger partial charge in [0.15, 0.2) is 0 Å². The van der Waals surface area contributed by atoms with Crippen LogP contribution in [0.2, 0.25) is 0 Å². The Morgan fingerprint density at radius 1 is 0.164 bits per heavy atom. The van der Waals surface area contributed by atoms with Crippen LogP contribution in [0.3, 0.4) is 0 Å². The maximum Gasteiger partial charge on any atom is -0.0298 e. The molecule has 14 rings (SSSR count). The van der Waals surface area contributed by atoms with E-state index in [1.165, 1.54) is 273 Å². The first-order valence-corrected chi connectivity index (χ1v) is 36.1. The van der Waals surface area contributed by atoms with Gasteiger partial charge in [-0.1, -0.05) is 348 Å². The molecule has 0 radical (unpaired) electrons. The van der Waals surface area contributed by atoms with Crippen molar-refractivity contribution in [3.05, 3.63) is 0 Å². The predicted molar refractivity (Wildman–Crippen MR) is 343 cm³/mol. The van der Waals surface area contributed by atoms with E-state index < -0.39 is 0 Å². The van der Waals surface area contributed by atoms with E-state index in [0.29, 0.717) is 0 Å². The Labute approximate surface area is 469 Å². The normalized spacial score (nSPS) is 29.6. The molecule has 444 valence electrons. The third-order valence-electron chi connectivity index (χ3n) is 18.3. The summed E-state index contributed by atoms with van der Waals surface area (Å²) in [6.07, 6.45) is 73.1. The van der Waals surface area contributed by atoms with Gasteiger partial charge in [0.1, 0.15) is 0 Å². The van der Waals surface area contributed by atoms with Gasteiger partial charge in [-0.25, -0.2) is 0 Å². The molecule has 73 heavy (non-hydrogen) atoms. The largest absolute Gasteiger partial charge is 0.0683 e. The molecule has 14 fully saturated rings. The standard InChI is InChI=1S/C10H16.C9H16.C8H16.C7H12.C7H14.C6H12.C5H10.C4H8.C3H6.7C2H6/c1-7-2-9-4-8(1)5-10(3-7)6-9;1-9(2)7-3-4-8(9)6-5-7;1-2-4-6-8-7-5-3-1;1-2-7-4-3-6(1)5-7;1-2-4-6-7-5-3-1;1-2-4-6-5-3-1;1-2-4-5-3-1;1-2-4-3-1;1-2-3-1;7*1-2/h7-10H,1-6H2;7-8H,3-6H2,1-2H3;1-8H2;6-7H,1-5H2;1-7H2;1-6H2;1-5H2;1-4H2;1-3H2;7*1-2H3. The highest BCUT2D eigenvalue weighted by Crippen LogP contribution is 2.57. The third-order valence-corrected chi connectivity index (χ3v) is 18.3. The van der Waals surface area contributed by atoms with Crippen molar-refractivity contribution in [2.75, 3.05) is 0 Å². The molecule has 0 saturated heterocycles. The lowest BCUT2D eigenvalue weighted by Crippen LogP contribution is -2.38. The van der Waals surface area contributed by atoms with Gasteiger partial charge in [-0.2, -0.15) is 0 Å². The Bertz CT molecular complexity index is 794. The zero-order valence-electron chi connectivity index (χ0n) is 55.1. The summed E-state index contributed by atoms with van der Waals surface area (Å²) in [5, 5.41) is 0. The van der Waals surface area contributed by atoms with Crippen molar-refractivity contribution < 1.29 is 0 Å². The first-order chi connectivity index (χ1) is 36.1. The van der Waals surface area contributed by atoms with Crippen molar-refractivity contribution in [3.8, 4) is 0 Å². The molecule has 0 amide bonds. The molecule has 0 spiro atoms. The molecule has 0 atom stereocenters. The quantitative estimate of drug-likeness (QED) is 0.212. The van der Waals surface area contributed by atoms with Crippen LogP contribution in [0.15, 0.2) is 0 Å². The third kappa shape index (κ3) is 42.6. The average molecular weight is 1030 g/mol. The second kappa shape index (κ2) is 59.7. The van der Waals surface area contributed by atoms with Crippen LogP contribution in [0.4, 0.5) is 0 Å². The maximum absolute atomic E-state index is 2.46. The first-order valence-electron chi connectivity index (χ1n) is 36.1. The van der Waals surface area contributed by atoms with Gasteiger partial charge in [-0.3, -0.25) is 0 Å². The highest BCUT2D eigenvalue weighted by atomic mass is 14.5. The van der Waals surface area contributed by atoms with Gasteiger partial charge in [0.05, 0.1) is 0 Å². The van der Waals surface area contributed by atoms with Crippen LogP contribution in [-0.4, -0.2) is 0 Å². The van der Waals surface area contributed by atoms with Gasteiger partial charge >= 0.3 is 0 Å². The SMILES string of the molecule is C1C2CC3CC1CC(C2)C3.C1CC1.C1CC2CCC1C2.C1CCC1.C1CCCC1.C1CCCCC1.C1CCCCCC1.C1CCCCCCC1.CC.CC.CC.CC.CC.CC.CC.CC1(C)C2CCC1CC2. The Morgan fingerprint density at radius 2 is 0.274 bits per heavy atom. The summed E-state index contributed by atoms with van der Waals surface area (Å²) in [6, 6.07) is 0. The first kappa shape index (κ1) is 77.2. The highest BCUT2D eigenvalue weighted by Gasteiger charge is 2.47. The Hall–Kier alpha value is 0. The van der Waals surface area contributed by atoms with E-state index in [1.54, 1.807) is 70.6 Å². The Balaban J connectivity index is -0.000000742. The van der Waals surface area contributed by atoms with Gasteiger partial charge in [-0.15, -0.1) is 0 Å². The molecular weight excluding hydrogens is 877 g/mol. The smallest absolute Gasteiger partial charge is 0.0298 e. The maximum atomic E-state index is 2.46. The minimum atomic E-state index is 0.722. The molecule has 14 aliphatic carbocycles. The topological polar surface area (TPSA) is 0 Å². The fourth-order valence-corrected chi connectivity index (χ4v) is 13.9. The monoisotopic (exact) mass is 1030 g/mol. The summed E-state index contributed by atoms with van der Waals surface area (Å²) in [7, 11) is 0. The molecule has 8 bridgehead atoms. The van der Waals surface area contributed by atoms with Crippen molar-refractivity contribution in [1.82, 2.24) is 0 Å². The molecule has 0 aromatic heterocycles. The number of fused-ring (bicyclic) bond motifs is 4. The fourth-order valence-electron chi connectivity index (χ4n) is 13.9. The second-order valence-corrected chi connectivity index (χ2v) is 24.0. The zero-order chi connectivity index (χ0) is 55.1. The molecule has 0 aromatic rings. The molecule has 0 unspecified atom stereocenters. The van der Waals surface area contributed by atoms with E-state index in [1.807, 2.05) is 96.9 Å². The van der Waals surface area contributed by atoms with Crippen molar-refractivity contribution in [2.24, 2.45) is 52.8 Å². The molecule has 0 aliphatic heterocycles. The van der Waals surface area contributed by atoms with E-state index in [2.05, 4.69) is 13.8 Å². The van der Waals surface area contributed by atoms with Gasteiger partial charge in [0.2, 0.25) is 0 Å². The lowest BCUT2D eigenvalue weighted by Gasteiger charge is -2.49. The Morgan fingerprint density at radius 3 is 0.342 bits per heavy atom. The van der Waals surface area contributed by atoms with E-state index in [9.17, 15) is 0 Å². The minimum absolute atomic E-state index is 0.722. The van der Waals surface area contributed by atoms with Crippen molar-refractivity contribution in [1.29, 1.82) is 0 Å². The van der Waals surface area contributed by atoms with Gasteiger partial charge < -0.3 is 0 Å². The van der Waals surface area contributed by atoms with Crippen molar-refractivity contribution >= 4 is 0 Å². The summed E-state index contributed by atoms with van der Waals surface area (Å²) in [5.74, 6) is 9.22. The minimum Gasteiger partial charge on any atom is -0.0683 e. The zero-order valence-corrected chi connectivity index (χ0v) is 55.1. The summed E-state index contributed by atoms with van der Waals surface area (Å²) in [5.41, 5.74) is 0.722. The van der Waals surface area contributed by atoms with Gasteiger partial charge in [0.25, 0.3) is 0 Å². The van der Waals surface area contributed by atoms with Crippen LogP contribution >= 0.6 is 0 Å². The van der Waals surface area contributed by atoms with Crippen LogP contribution in [0.5, 0.6) is 0 Å². The lowest BCUT2D eigenvalue weighted by molar-refractivity contribution is 0.0198. The summed E-state index contributed by atoms with van der Waals surface area (Å²) >= 11 is 0. The molecule has 0 N–H and O–H groups in total. The van der Waals surface area contributed by atoms with Crippen molar-refractivity contribution in [2.45, 2.75) is 419 Å². The molecule has 0 heteroatoms. The van der Waals surface area contributed by atoms with Crippen LogP contribution in [0.25, 0.3) is 0 Å². The molecule has 14 aliphatic rings. The number of hydrogen-bond donors (Lipinski definition) is 0. The summed E-state index contributed by atoms with van der Waals surface area (Å²) in [6.45, 7) is 32.9. The van der Waals surface area contributed by atoms with E-state index in [4.69, 9.17) is 0 Å². The predicted octanol–water partition coefficient (Wildman–Crippen LogP) is 27.9. The number of hydrogen-bond acceptors (Lipinski definition) is 0. The van der Waals surface area contributed by atoms with Crippen LogP contribution < -0.4 is 0 Å². The molecule has 0 aromatic carbocycles. The van der Waals surface area contributed by atoms with Crippen molar-refractivity contribution in [3.63, 3.8) is 0 Å². The highest BCUT2D eigenvalue weighted by molar-refractivity contribution is 4.97.